The summed E-state index contributed by atoms with van der Waals surface area (Å²) >= 11 is 1.23. The van der Waals surface area contributed by atoms with E-state index in [0.717, 1.165) is 6.07 Å². The molecule has 3 atom stereocenters. The van der Waals surface area contributed by atoms with Gasteiger partial charge in [0.15, 0.2) is 11.5 Å². The van der Waals surface area contributed by atoms with Gasteiger partial charge < -0.3 is 35.7 Å². The van der Waals surface area contributed by atoms with E-state index in [1.807, 2.05) is 0 Å². The molecule has 0 bridgehead atoms. The van der Waals surface area contributed by atoms with Crippen LogP contribution in [0.2, 0.25) is 0 Å². The van der Waals surface area contributed by atoms with Gasteiger partial charge in [-0.1, -0.05) is 6.07 Å². The van der Waals surface area contributed by atoms with Crippen LogP contribution < -0.4 is 0 Å². The van der Waals surface area contributed by atoms with Crippen LogP contribution in [-0.4, -0.2) is 54.2 Å². The second-order valence-electron chi connectivity index (χ2n) is 5.82. The Labute approximate surface area is 147 Å². The highest BCUT2D eigenvalue weighted by Crippen LogP contribution is 2.58. The molecule has 0 amide bonds. The minimum atomic E-state index is -1.09. The lowest BCUT2D eigenvalue weighted by Gasteiger charge is -2.21. The predicted molar refractivity (Wildman–Crippen MR) is 91.3 cm³/mol. The maximum absolute atomic E-state index is 10.8. The smallest absolute Gasteiger partial charge is 0.200 e. The van der Waals surface area contributed by atoms with Crippen molar-refractivity contribution < 1.29 is 35.7 Å². The van der Waals surface area contributed by atoms with Gasteiger partial charge in [-0.05, 0) is 17.7 Å². The van der Waals surface area contributed by atoms with Gasteiger partial charge >= 0.3 is 0 Å². The fraction of sp³-hybridized carbons (Fsp3) is 0.294. The Hall–Kier alpha value is -2.29. The third-order valence-corrected chi connectivity index (χ3v) is 5.64. The normalized spacial score (nSPS) is 22.1. The Morgan fingerprint density at radius 1 is 0.880 bits per heavy atom. The number of phenolic OH excluding ortho intramolecular Hbond substituents is 5. The zero-order valence-electron chi connectivity index (χ0n) is 13.0. The lowest BCUT2D eigenvalue weighted by atomic mass is 9.89. The van der Waals surface area contributed by atoms with Crippen molar-refractivity contribution >= 4 is 11.8 Å². The van der Waals surface area contributed by atoms with Gasteiger partial charge in [-0.25, -0.2) is 0 Å². The molecule has 1 aliphatic carbocycles. The molecule has 3 rings (SSSR count). The molecule has 0 fully saturated rings. The Morgan fingerprint density at radius 3 is 2.24 bits per heavy atom. The van der Waals surface area contributed by atoms with E-state index in [2.05, 4.69) is 0 Å². The van der Waals surface area contributed by atoms with Gasteiger partial charge in [0.1, 0.15) is 11.5 Å². The molecular weight excluding hydrogens is 348 g/mol. The van der Waals surface area contributed by atoms with Gasteiger partial charge in [-0.2, -0.15) is 0 Å². The number of aliphatic hydroxyl groups is 2. The summed E-state index contributed by atoms with van der Waals surface area (Å²) in [5.41, 5.74) is 0.870. The third-order valence-electron chi connectivity index (χ3n) is 4.33. The average molecular weight is 366 g/mol. The molecule has 7 nitrogen and oxygen atoms in total. The number of fused-ring (bicyclic) bond motifs is 1. The Balaban J connectivity index is 2.19. The van der Waals surface area contributed by atoms with Crippen LogP contribution in [0.4, 0.5) is 0 Å². The Kier molecular flexibility index (Phi) is 4.59. The van der Waals surface area contributed by atoms with Crippen molar-refractivity contribution in [2.24, 2.45) is 0 Å². The van der Waals surface area contributed by atoms with Crippen molar-refractivity contribution in [3.8, 4) is 28.7 Å². The minimum Gasteiger partial charge on any atom is -0.508 e. The first-order valence-electron chi connectivity index (χ1n) is 7.56. The Morgan fingerprint density at radius 2 is 1.60 bits per heavy atom. The van der Waals surface area contributed by atoms with E-state index >= 15 is 0 Å². The van der Waals surface area contributed by atoms with Gasteiger partial charge in [0.2, 0.25) is 5.75 Å². The largest absolute Gasteiger partial charge is 0.508 e. The van der Waals surface area contributed by atoms with E-state index < -0.39 is 34.5 Å². The fourth-order valence-electron chi connectivity index (χ4n) is 3.27. The number of hydrogen-bond acceptors (Lipinski definition) is 8. The topological polar surface area (TPSA) is 142 Å². The molecule has 2 aromatic carbocycles. The number of hydrogen-bond donors (Lipinski definition) is 7. The molecule has 7 N–H and O–H groups in total. The van der Waals surface area contributed by atoms with Gasteiger partial charge in [-0.15, -0.1) is 11.8 Å². The summed E-state index contributed by atoms with van der Waals surface area (Å²) < 4.78 is 0. The van der Waals surface area contributed by atoms with Crippen molar-refractivity contribution in [3.05, 3.63) is 41.0 Å². The second kappa shape index (κ2) is 6.55. The molecule has 0 aromatic heterocycles. The van der Waals surface area contributed by atoms with Gasteiger partial charge in [0.05, 0.1) is 18.0 Å². The monoisotopic (exact) mass is 366 g/mol. The highest BCUT2D eigenvalue weighted by molar-refractivity contribution is 7.99. The van der Waals surface area contributed by atoms with Crippen molar-refractivity contribution in [3.63, 3.8) is 0 Å². The highest BCUT2D eigenvalue weighted by atomic mass is 32.2. The van der Waals surface area contributed by atoms with Crippen LogP contribution >= 0.6 is 11.8 Å². The number of aliphatic hydroxyl groups excluding tert-OH is 2. The molecule has 8 heteroatoms. The summed E-state index contributed by atoms with van der Waals surface area (Å²) in [5.74, 6) is -2.78. The predicted octanol–water partition coefficient (Wildman–Crippen LogP) is 1.49. The van der Waals surface area contributed by atoms with E-state index in [1.165, 1.54) is 30.0 Å². The van der Waals surface area contributed by atoms with Crippen LogP contribution in [0, 0.1) is 0 Å². The summed E-state index contributed by atoms with van der Waals surface area (Å²) in [6.07, 6.45) is -1.09. The van der Waals surface area contributed by atoms with Crippen LogP contribution in [0.5, 0.6) is 28.7 Å². The van der Waals surface area contributed by atoms with Crippen molar-refractivity contribution in [2.45, 2.75) is 17.3 Å². The molecular formula is C17H18O7S. The van der Waals surface area contributed by atoms with Crippen molar-refractivity contribution in [1.29, 1.82) is 0 Å². The van der Waals surface area contributed by atoms with E-state index in [9.17, 15) is 30.6 Å². The minimum absolute atomic E-state index is 0.117. The van der Waals surface area contributed by atoms with E-state index in [1.54, 1.807) is 0 Å². The standard InChI is InChI=1S/C17H18O7S/c18-3-4-25-17-9-6-11(21)14(22)15(23)13(9)12(16(17)24)8-2-1-7(19)5-10(8)20/h1-2,5-6,12,16-24H,3-4H2/t12-,16-,17-/m1/s1. The van der Waals surface area contributed by atoms with Crippen molar-refractivity contribution in [1.82, 2.24) is 0 Å². The quantitative estimate of drug-likeness (QED) is 0.404. The first kappa shape index (κ1) is 17.5. The molecule has 25 heavy (non-hydrogen) atoms. The van der Waals surface area contributed by atoms with E-state index in [0.29, 0.717) is 11.3 Å². The van der Waals surface area contributed by atoms with Gasteiger partial charge in [0.25, 0.3) is 0 Å². The summed E-state index contributed by atoms with van der Waals surface area (Å²) in [6, 6.07) is 5.14. The highest BCUT2D eigenvalue weighted by Gasteiger charge is 2.45. The van der Waals surface area contributed by atoms with Gasteiger partial charge in [-0.3, -0.25) is 0 Å². The lowest BCUT2D eigenvalue weighted by molar-refractivity contribution is 0.164. The summed E-state index contributed by atoms with van der Waals surface area (Å²) in [5, 5.41) is 68.9. The molecule has 0 radical (unpaired) electrons. The second-order valence-corrected chi connectivity index (χ2v) is 7.07. The van der Waals surface area contributed by atoms with E-state index in [-0.39, 0.29) is 29.2 Å². The SMILES string of the molecule is OCCS[C@@H]1c2cc(O)c(O)c(O)c2[C@@H](c2ccc(O)cc2O)[C@H]1O. The third kappa shape index (κ3) is 2.82. The Bertz CT molecular complexity index is 808. The van der Waals surface area contributed by atoms with E-state index in [4.69, 9.17) is 5.11 Å². The van der Waals surface area contributed by atoms with Crippen LogP contribution in [0.15, 0.2) is 24.3 Å². The summed E-state index contributed by atoms with van der Waals surface area (Å²) in [4.78, 5) is 0. The van der Waals surface area contributed by atoms with Crippen LogP contribution in [0.3, 0.4) is 0 Å². The van der Waals surface area contributed by atoms with Crippen LogP contribution in [0.25, 0.3) is 0 Å². The molecule has 0 saturated heterocycles. The number of thioether (sulfide) groups is 1. The molecule has 0 aliphatic heterocycles. The van der Waals surface area contributed by atoms with Gasteiger partial charge in [0, 0.05) is 28.9 Å². The summed E-state index contributed by atoms with van der Waals surface area (Å²) in [7, 11) is 0. The molecule has 134 valence electrons. The molecule has 0 saturated carbocycles. The number of aromatic hydroxyl groups is 5. The molecule has 0 heterocycles. The fourth-order valence-corrected chi connectivity index (χ4v) is 4.36. The zero-order valence-corrected chi connectivity index (χ0v) is 13.8. The molecule has 1 aliphatic rings. The van der Waals surface area contributed by atoms with Crippen LogP contribution in [-0.2, 0) is 0 Å². The lowest BCUT2D eigenvalue weighted by Crippen LogP contribution is -2.18. The summed E-state index contributed by atoms with van der Waals surface area (Å²) in [6.45, 7) is -0.117. The number of rotatable bonds is 4. The zero-order chi connectivity index (χ0) is 18.3. The molecule has 2 aromatic rings. The van der Waals surface area contributed by atoms with Crippen molar-refractivity contribution in [2.75, 3.05) is 12.4 Å². The first-order chi connectivity index (χ1) is 11.9. The van der Waals surface area contributed by atoms with Crippen LogP contribution in [0.1, 0.15) is 27.9 Å². The maximum Gasteiger partial charge on any atom is 0.200 e. The molecule has 0 unspecified atom stereocenters. The number of phenols is 5. The first-order valence-corrected chi connectivity index (χ1v) is 8.61. The molecule has 0 spiro atoms. The average Bonchev–Trinajstić information content (AvgIpc) is 2.83. The maximum atomic E-state index is 10.8. The number of benzene rings is 2.